The highest BCUT2D eigenvalue weighted by Crippen LogP contribution is 1.95. The number of rotatable bonds is 8. The Bertz CT molecular complexity index is 403. The van der Waals surface area contributed by atoms with E-state index in [0.717, 1.165) is 6.42 Å². The van der Waals surface area contributed by atoms with Gasteiger partial charge in [-0.05, 0) is 19.4 Å². The average molecular weight is 255 g/mol. The molecule has 1 heterocycles. The van der Waals surface area contributed by atoms with Crippen molar-refractivity contribution in [2.45, 2.75) is 19.9 Å². The molecule has 0 unspecified atom stereocenters. The maximum Gasteiger partial charge on any atom is 0.356 e. The molecule has 7 nitrogen and oxygen atoms in total. The van der Waals surface area contributed by atoms with Crippen LogP contribution in [0.25, 0.3) is 0 Å². The van der Waals surface area contributed by atoms with E-state index in [9.17, 15) is 9.59 Å². The number of aromatic nitrogens is 2. The number of amides is 1. The number of ether oxygens (including phenoxy) is 1. The van der Waals surface area contributed by atoms with E-state index in [1.807, 2.05) is 6.92 Å². The molecular formula is C11H17N3O4. The largest absolute Gasteiger partial charge is 0.476 e. The van der Waals surface area contributed by atoms with Crippen molar-refractivity contribution in [3.63, 3.8) is 0 Å². The molecule has 0 atom stereocenters. The quantitative estimate of drug-likeness (QED) is 0.644. The lowest BCUT2D eigenvalue weighted by atomic mass is 10.4. The topological polar surface area (TPSA) is 93.5 Å². The van der Waals surface area contributed by atoms with Crippen LogP contribution in [0.2, 0.25) is 0 Å². The molecular weight excluding hydrogens is 238 g/mol. The molecule has 1 rings (SSSR count). The summed E-state index contributed by atoms with van der Waals surface area (Å²) in [6.07, 6.45) is 2.21. The van der Waals surface area contributed by atoms with Crippen LogP contribution in [0.15, 0.2) is 12.3 Å². The Balaban J connectivity index is 2.24. The van der Waals surface area contributed by atoms with Crippen molar-refractivity contribution in [3.8, 4) is 0 Å². The third-order valence-corrected chi connectivity index (χ3v) is 2.16. The predicted molar refractivity (Wildman–Crippen MR) is 63.3 cm³/mol. The molecule has 18 heavy (non-hydrogen) atoms. The van der Waals surface area contributed by atoms with Gasteiger partial charge >= 0.3 is 5.97 Å². The summed E-state index contributed by atoms with van der Waals surface area (Å²) in [6, 6.07) is 1.35. The highest BCUT2D eigenvalue weighted by molar-refractivity contribution is 5.85. The highest BCUT2D eigenvalue weighted by atomic mass is 16.5. The van der Waals surface area contributed by atoms with Crippen molar-refractivity contribution >= 4 is 11.9 Å². The molecule has 0 aliphatic carbocycles. The van der Waals surface area contributed by atoms with Gasteiger partial charge in [0.2, 0.25) is 5.91 Å². The Morgan fingerprint density at radius 1 is 1.56 bits per heavy atom. The van der Waals surface area contributed by atoms with Gasteiger partial charge in [-0.25, -0.2) is 4.79 Å². The van der Waals surface area contributed by atoms with Crippen LogP contribution in [0, 0.1) is 0 Å². The first-order valence-electron chi connectivity index (χ1n) is 5.74. The SMILES string of the molecule is CCOCCCNC(=O)Cn1ccc(C(=O)O)n1. The van der Waals surface area contributed by atoms with E-state index in [4.69, 9.17) is 9.84 Å². The maximum atomic E-state index is 11.5. The van der Waals surface area contributed by atoms with Crippen molar-refractivity contribution in [3.05, 3.63) is 18.0 Å². The summed E-state index contributed by atoms with van der Waals surface area (Å²) in [5.41, 5.74) is -0.0702. The molecule has 0 saturated heterocycles. The molecule has 1 aromatic rings. The van der Waals surface area contributed by atoms with Gasteiger partial charge in [-0.15, -0.1) is 0 Å². The number of carboxylic acids is 1. The molecule has 0 aliphatic rings. The minimum atomic E-state index is -1.11. The summed E-state index contributed by atoms with van der Waals surface area (Å²) in [4.78, 5) is 22.0. The van der Waals surface area contributed by atoms with Crippen molar-refractivity contribution in [2.24, 2.45) is 0 Å². The number of carbonyl (C=O) groups excluding carboxylic acids is 1. The lowest BCUT2D eigenvalue weighted by molar-refractivity contribution is -0.121. The van der Waals surface area contributed by atoms with Gasteiger partial charge in [0, 0.05) is 26.0 Å². The zero-order valence-electron chi connectivity index (χ0n) is 10.3. The Labute approximate surface area is 105 Å². The van der Waals surface area contributed by atoms with E-state index in [1.54, 1.807) is 0 Å². The average Bonchev–Trinajstić information content (AvgIpc) is 2.77. The smallest absolute Gasteiger partial charge is 0.356 e. The molecule has 0 bridgehead atoms. The third kappa shape index (κ3) is 4.96. The summed E-state index contributed by atoms with van der Waals surface area (Å²) < 4.78 is 6.42. The van der Waals surface area contributed by atoms with Crippen LogP contribution >= 0.6 is 0 Å². The second kappa shape index (κ2) is 7.44. The molecule has 0 aliphatic heterocycles. The van der Waals surface area contributed by atoms with E-state index < -0.39 is 5.97 Å². The van der Waals surface area contributed by atoms with Gasteiger partial charge in [-0.3, -0.25) is 9.48 Å². The van der Waals surface area contributed by atoms with Gasteiger partial charge in [0.05, 0.1) is 0 Å². The standard InChI is InChI=1S/C11H17N3O4/c1-2-18-7-3-5-12-10(15)8-14-6-4-9(13-14)11(16)17/h4,6H,2-3,5,7-8H2,1H3,(H,12,15)(H,16,17). The molecule has 0 saturated carbocycles. The van der Waals surface area contributed by atoms with Gasteiger partial charge in [-0.2, -0.15) is 5.10 Å². The van der Waals surface area contributed by atoms with E-state index in [2.05, 4.69) is 10.4 Å². The molecule has 0 aromatic carbocycles. The first-order valence-corrected chi connectivity index (χ1v) is 5.74. The first kappa shape index (κ1) is 14.2. The Morgan fingerprint density at radius 3 is 2.94 bits per heavy atom. The van der Waals surface area contributed by atoms with Crippen LogP contribution in [-0.2, 0) is 16.1 Å². The van der Waals surface area contributed by atoms with Gasteiger partial charge in [-0.1, -0.05) is 0 Å². The molecule has 2 N–H and O–H groups in total. The minimum Gasteiger partial charge on any atom is -0.476 e. The number of nitrogens with one attached hydrogen (secondary N) is 1. The van der Waals surface area contributed by atoms with Crippen LogP contribution in [0.1, 0.15) is 23.8 Å². The lowest BCUT2D eigenvalue weighted by Crippen LogP contribution is -2.29. The second-order valence-corrected chi connectivity index (χ2v) is 3.60. The van der Waals surface area contributed by atoms with Crippen molar-refractivity contribution in [1.29, 1.82) is 0 Å². The minimum absolute atomic E-state index is 0.0158. The second-order valence-electron chi connectivity index (χ2n) is 3.60. The van der Waals surface area contributed by atoms with E-state index >= 15 is 0 Å². The number of nitrogens with zero attached hydrogens (tertiary/aromatic N) is 2. The Morgan fingerprint density at radius 2 is 2.33 bits per heavy atom. The van der Waals surface area contributed by atoms with Gasteiger partial charge in [0.1, 0.15) is 6.54 Å². The van der Waals surface area contributed by atoms with Crippen molar-refractivity contribution in [1.82, 2.24) is 15.1 Å². The molecule has 0 radical (unpaired) electrons. The fraction of sp³-hybridized carbons (Fsp3) is 0.545. The zero-order chi connectivity index (χ0) is 13.4. The lowest BCUT2D eigenvalue weighted by Gasteiger charge is -2.05. The van der Waals surface area contributed by atoms with Gasteiger partial charge < -0.3 is 15.2 Å². The monoisotopic (exact) mass is 255 g/mol. The molecule has 0 spiro atoms. The number of hydrogen-bond donors (Lipinski definition) is 2. The number of hydrogen-bond acceptors (Lipinski definition) is 4. The summed E-state index contributed by atoms with van der Waals surface area (Å²) >= 11 is 0. The summed E-state index contributed by atoms with van der Waals surface area (Å²) in [7, 11) is 0. The van der Waals surface area contributed by atoms with Gasteiger partial charge in [0.25, 0.3) is 0 Å². The zero-order valence-corrected chi connectivity index (χ0v) is 10.3. The van der Waals surface area contributed by atoms with Crippen LogP contribution in [0.5, 0.6) is 0 Å². The third-order valence-electron chi connectivity index (χ3n) is 2.16. The van der Waals surface area contributed by atoms with Crippen LogP contribution < -0.4 is 5.32 Å². The number of carboxylic acid groups (broad SMARTS) is 1. The predicted octanol–water partition coefficient (Wildman–Crippen LogP) is 0.124. The highest BCUT2D eigenvalue weighted by Gasteiger charge is 2.08. The Kier molecular flexibility index (Phi) is 5.86. The fourth-order valence-electron chi connectivity index (χ4n) is 1.31. The normalized spacial score (nSPS) is 10.3. The van der Waals surface area contributed by atoms with E-state index in [1.165, 1.54) is 16.9 Å². The fourth-order valence-corrected chi connectivity index (χ4v) is 1.31. The molecule has 0 fully saturated rings. The molecule has 1 aromatic heterocycles. The Hall–Kier alpha value is -1.89. The molecule has 100 valence electrons. The van der Waals surface area contributed by atoms with E-state index in [0.29, 0.717) is 19.8 Å². The van der Waals surface area contributed by atoms with E-state index in [-0.39, 0.29) is 18.1 Å². The molecule has 7 heteroatoms. The van der Waals surface area contributed by atoms with Gasteiger partial charge in [0.15, 0.2) is 5.69 Å². The molecule has 1 amide bonds. The summed E-state index contributed by atoms with van der Waals surface area (Å²) in [6.45, 7) is 3.74. The number of aromatic carboxylic acids is 1. The summed E-state index contributed by atoms with van der Waals surface area (Å²) in [5, 5.41) is 15.1. The van der Waals surface area contributed by atoms with Crippen LogP contribution in [0.4, 0.5) is 0 Å². The van der Waals surface area contributed by atoms with Crippen LogP contribution in [-0.4, -0.2) is 46.5 Å². The van der Waals surface area contributed by atoms with Crippen LogP contribution in [0.3, 0.4) is 0 Å². The number of carbonyl (C=O) groups is 2. The maximum absolute atomic E-state index is 11.5. The summed E-state index contributed by atoms with van der Waals surface area (Å²) in [5.74, 6) is -1.31. The van der Waals surface area contributed by atoms with Crippen molar-refractivity contribution < 1.29 is 19.4 Å². The first-order chi connectivity index (χ1) is 8.63. The van der Waals surface area contributed by atoms with Crippen molar-refractivity contribution in [2.75, 3.05) is 19.8 Å².